The third-order valence-corrected chi connectivity index (χ3v) is 5.25. The van der Waals surface area contributed by atoms with Crippen molar-refractivity contribution < 1.29 is 9.53 Å². The predicted molar refractivity (Wildman–Crippen MR) is 108 cm³/mol. The van der Waals surface area contributed by atoms with Gasteiger partial charge in [0.15, 0.2) is 11.2 Å². The number of amides is 1. The van der Waals surface area contributed by atoms with Crippen LogP contribution in [-0.2, 0) is 11.2 Å². The van der Waals surface area contributed by atoms with Crippen LogP contribution >= 0.6 is 11.3 Å². The quantitative estimate of drug-likeness (QED) is 0.635. The lowest BCUT2D eigenvalue weighted by atomic mass is 10.0. The maximum atomic E-state index is 12.4. The first kappa shape index (κ1) is 18.4. The number of hydrogen-bond donors (Lipinski definition) is 1. The van der Waals surface area contributed by atoms with Crippen LogP contribution in [0.3, 0.4) is 0 Å². The molecule has 0 bridgehead atoms. The first-order valence-corrected chi connectivity index (χ1v) is 9.75. The van der Waals surface area contributed by atoms with Gasteiger partial charge >= 0.3 is 0 Å². The summed E-state index contributed by atoms with van der Waals surface area (Å²) in [5.74, 6) is 0.957. The molecular formula is C21H24N2O2S. The molecule has 1 aromatic heterocycles. The van der Waals surface area contributed by atoms with Gasteiger partial charge in [0.1, 0.15) is 5.75 Å². The molecule has 0 saturated heterocycles. The van der Waals surface area contributed by atoms with Gasteiger partial charge in [0.05, 0.1) is 10.2 Å². The van der Waals surface area contributed by atoms with Crippen molar-refractivity contribution in [2.45, 2.75) is 46.1 Å². The van der Waals surface area contributed by atoms with Gasteiger partial charge in [-0.25, -0.2) is 4.98 Å². The summed E-state index contributed by atoms with van der Waals surface area (Å²) in [5, 5.41) is 3.46. The number of ether oxygens (including phenoxy) is 1. The third-order valence-electron chi connectivity index (χ3n) is 4.32. The number of anilines is 1. The molecule has 1 unspecified atom stereocenters. The standard InChI is InChI=1S/C21H24N2O2S/c1-5-15-6-11-18-19(12-15)26-21(22-18)23-20(24)14(4)25-17-9-7-16(8-10-17)13(2)3/h6-14H,5H2,1-4H3,(H,22,23,24). The summed E-state index contributed by atoms with van der Waals surface area (Å²) >= 11 is 1.49. The van der Waals surface area contributed by atoms with Crippen LogP contribution < -0.4 is 10.1 Å². The molecule has 26 heavy (non-hydrogen) atoms. The second kappa shape index (κ2) is 7.87. The number of aryl methyl sites for hydroxylation is 1. The lowest BCUT2D eigenvalue weighted by Crippen LogP contribution is -2.30. The highest BCUT2D eigenvalue weighted by molar-refractivity contribution is 7.22. The second-order valence-corrected chi connectivity index (χ2v) is 7.68. The maximum Gasteiger partial charge on any atom is 0.266 e. The Morgan fingerprint density at radius 2 is 1.88 bits per heavy atom. The van der Waals surface area contributed by atoms with Gasteiger partial charge in [0, 0.05) is 0 Å². The highest BCUT2D eigenvalue weighted by Crippen LogP contribution is 2.27. The summed E-state index contributed by atoms with van der Waals surface area (Å²) in [5.41, 5.74) is 3.41. The Morgan fingerprint density at radius 1 is 1.15 bits per heavy atom. The lowest BCUT2D eigenvalue weighted by molar-refractivity contribution is -0.122. The van der Waals surface area contributed by atoms with E-state index in [0.29, 0.717) is 16.8 Å². The van der Waals surface area contributed by atoms with E-state index in [1.807, 2.05) is 30.3 Å². The summed E-state index contributed by atoms with van der Waals surface area (Å²) in [7, 11) is 0. The number of carbonyl (C=O) groups is 1. The van der Waals surface area contributed by atoms with E-state index in [2.05, 4.69) is 43.2 Å². The topological polar surface area (TPSA) is 51.2 Å². The van der Waals surface area contributed by atoms with Crippen molar-refractivity contribution in [1.82, 2.24) is 4.98 Å². The van der Waals surface area contributed by atoms with Gasteiger partial charge in [0.2, 0.25) is 0 Å². The average Bonchev–Trinajstić information content (AvgIpc) is 3.03. The molecule has 0 aliphatic rings. The van der Waals surface area contributed by atoms with Crippen molar-refractivity contribution >= 4 is 32.6 Å². The van der Waals surface area contributed by atoms with E-state index >= 15 is 0 Å². The van der Waals surface area contributed by atoms with Crippen LogP contribution in [0.1, 0.15) is 44.7 Å². The molecule has 0 aliphatic heterocycles. The number of aromatic nitrogens is 1. The van der Waals surface area contributed by atoms with Crippen molar-refractivity contribution in [2.75, 3.05) is 5.32 Å². The van der Waals surface area contributed by atoms with E-state index < -0.39 is 6.10 Å². The molecule has 0 fully saturated rings. The molecule has 1 heterocycles. The summed E-state index contributed by atoms with van der Waals surface area (Å²) in [6.45, 7) is 8.16. The number of benzene rings is 2. The van der Waals surface area contributed by atoms with E-state index in [9.17, 15) is 4.79 Å². The summed E-state index contributed by atoms with van der Waals surface area (Å²) in [4.78, 5) is 16.9. The van der Waals surface area contributed by atoms with Crippen LogP contribution in [0.4, 0.5) is 5.13 Å². The summed E-state index contributed by atoms with van der Waals surface area (Å²) in [6, 6.07) is 14.1. The molecule has 3 rings (SSSR count). The molecule has 1 N–H and O–H groups in total. The van der Waals surface area contributed by atoms with Crippen molar-refractivity contribution in [1.29, 1.82) is 0 Å². The van der Waals surface area contributed by atoms with Crippen LogP contribution in [0.2, 0.25) is 0 Å². The van der Waals surface area contributed by atoms with Crippen molar-refractivity contribution in [3.05, 3.63) is 53.6 Å². The van der Waals surface area contributed by atoms with Crippen LogP contribution in [0.5, 0.6) is 5.75 Å². The zero-order chi connectivity index (χ0) is 18.7. The zero-order valence-corrected chi connectivity index (χ0v) is 16.4. The smallest absolute Gasteiger partial charge is 0.266 e. The number of nitrogens with zero attached hydrogens (tertiary/aromatic N) is 1. The largest absolute Gasteiger partial charge is 0.481 e. The molecule has 136 valence electrons. The maximum absolute atomic E-state index is 12.4. The average molecular weight is 369 g/mol. The first-order valence-electron chi connectivity index (χ1n) is 8.93. The SMILES string of the molecule is CCc1ccc2nc(NC(=O)C(C)Oc3ccc(C(C)C)cc3)sc2c1. The van der Waals surface area contributed by atoms with Gasteiger partial charge < -0.3 is 4.74 Å². The highest BCUT2D eigenvalue weighted by Gasteiger charge is 2.17. The van der Waals surface area contributed by atoms with Gasteiger partial charge in [-0.05, 0) is 54.7 Å². The Bertz CT molecular complexity index is 900. The number of rotatable bonds is 6. The summed E-state index contributed by atoms with van der Waals surface area (Å²) in [6.07, 6.45) is 0.383. The first-order chi connectivity index (χ1) is 12.5. The summed E-state index contributed by atoms with van der Waals surface area (Å²) < 4.78 is 6.84. The highest BCUT2D eigenvalue weighted by atomic mass is 32.1. The van der Waals surface area contributed by atoms with Gasteiger partial charge in [0.25, 0.3) is 5.91 Å². The molecule has 1 atom stereocenters. The molecular weight excluding hydrogens is 344 g/mol. The van der Waals surface area contributed by atoms with Gasteiger partial charge in [-0.2, -0.15) is 0 Å². The lowest BCUT2D eigenvalue weighted by Gasteiger charge is -2.14. The normalized spacial score (nSPS) is 12.3. The van der Waals surface area contributed by atoms with Gasteiger partial charge in [-0.15, -0.1) is 0 Å². The molecule has 0 saturated carbocycles. The van der Waals surface area contributed by atoms with Crippen LogP contribution in [0, 0.1) is 0 Å². The van der Waals surface area contributed by atoms with E-state index in [0.717, 1.165) is 16.6 Å². The Kier molecular flexibility index (Phi) is 5.57. The number of thiazole rings is 1. The zero-order valence-electron chi connectivity index (χ0n) is 15.6. The monoisotopic (exact) mass is 368 g/mol. The molecule has 3 aromatic rings. The molecule has 2 aromatic carbocycles. The second-order valence-electron chi connectivity index (χ2n) is 6.65. The predicted octanol–water partition coefficient (Wildman–Crippen LogP) is 5.39. The fraction of sp³-hybridized carbons (Fsp3) is 0.333. The number of nitrogens with one attached hydrogen (secondary N) is 1. The molecule has 0 radical (unpaired) electrons. The Balaban J connectivity index is 1.65. The van der Waals surface area contributed by atoms with Gasteiger partial charge in [-0.1, -0.05) is 50.3 Å². The molecule has 5 heteroatoms. The van der Waals surface area contributed by atoms with Crippen LogP contribution in [-0.4, -0.2) is 17.0 Å². The molecule has 1 amide bonds. The number of carbonyl (C=O) groups excluding carboxylic acids is 1. The fourth-order valence-corrected chi connectivity index (χ4v) is 3.57. The molecule has 4 nitrogen and oxygen atoms in total. The van der Waals surface area contributed by atoms with Crippen molar-refractivity contribution in [2.24, 2.45) is 0 Å². The van der Waals surface area contributed by atoms with E-state index in [1.165, 1.54) is 22.5 Å². The Hall–Kier alpha value is -2.40. The Morgan fingerprint density at radius 3 is 2.54 bits per heavy atom. The minimum atomic E-state index is -0.599. The molecule has 0 aliphatic carbocycles. The number of fused-ring (bicyclic) bond motifs is 1. The van der Waals surface area contributed by atoms with E-state index in [-0.39, 0.29) is 5.91 Å². The van der Waals surface area contributed by atoms with E-state index in [4.69, 9.17) is 4.74 Å². The van der Waals surface area contributed by atoms with E-state index in [1.54, 1.807) is 6.92 Å². The van der Waals surface area contributed by atoms with Gasteiger partial charge in [-0.3, -0.25) is 10.1 Å². The fourth-order valence-electron chi connectivity index (χ4n) is 2.64. The number of hydrogen-bond acceptors (Lipinski definition) is 4. The van der Waals surface area contributed by atoms with Crippen LogP contribution in [0.15, 0.2) is 42.5 Å². The minimum Gasteiger partial charge on any atom is -0.481 e. The van der Waals surface area contributed by atoms with Crippen LogP contribution in [0.25, 0.3) is 10.2 Å². The third kappa shape index (κ3) is 4.22. The Labute approximate surface area is 158 Å². The molecule has 0 spiro atoms. The minimum absolute atomic E-state index is 0.201. The van der Waals surface area contributed by atoms with Crippen molar-refractivity contribution in [3.8, 4) is 5.75 Å². The van der Waals surface area contributed by atoms with Crippen molar-refractivity contribution in [3.63, 3.8) is 0 Å².